The Morgan fingerprint density at radius 1 is 1.26 bits per heavy atom. The van der Waals surface area contributed by atoms with Crippen LogP contribution in [0, 0.1) is 0 Å². The van der Waals surface area contributed by atoms with Crippen molar-refractivity contribution in [3.8, 4) is 0 Å². The van der Waals surface area contributed by atoms with Crippen molar-refractivity contribution < 1.29 is 13.2 Å². The molecule has 1 aromatic carbocycles. The molecule has 0 radical (unpaired) electrons. The second-order valence-corrected chi connectivity index (χ2v) is 10.3. The van der Waals surface area contributed by atoms with Gasteiger partial charge in [0.25, 0.3) is 5.91 Å². The minimum absolute atomic E-state index is 0.0451. The first-order valence-electron chi connectivity index (χ1n) is 7.98. The van der Waals surface area contributed by atoms with Crippen molar-refractivity contribution in [1.82, 2.24) is 19.4 Å². The van der Waals surface area contributed by atoms with E-state index >= 15 is 0 Å². The molecule has 12 heteroatoms. The number of benzene rings is 1. The monoisotopic (exact) mass is 447 g/mol. The fraction of sp³-hybridized carbons (Fsp3) is 0.400. The maximum absolute atomic E-state index is 12.9. The zero-order valence-electron chi connectivity index (χ0n) is 14.7. The first-order valence-corrected chi connectivity index (χ1v) is 11.8. The normalized spacial score (nSPS) is 16.4. The largest absolute Gasteiger partial charge is 0.304 e. The summed E-state index contributed by atoms with van der Waals surface area (Å²) in [5.41, 5.74) is 0.0766. The van der Waals surface area contributed by atoms with Crippen molar-refractivity contribution in [2.75, 3.05) is 44.8 Å². The Bertz CT molecular complexity index is 942. The molecular formula is C15H18ClN5O3S3. The van der Waals surface area contributed by atoms with Crippen LogP contribution in [0.1, 0.15) is 10.4 Å². The predicted molar refractivity (Wildman–Crippen MR) is 107 cm³/mol. The lowest BCUT2D eigenvalue weighted by Gasteiger charge is -2.31. The van der Waals surface area contributed by atoms with E-state index in [0.29, 0.717) is 35.7 Å². The molecule has 1 saturated heterocycles. The fourth-order valence-corrected chi connectivity index (χ4v) is 5.34. The lowest BCUT2D eigenvalue weighted by atomic mass is 10.2. The third-order valence-corrected chi connectivity index (χ3v) is 8.12. The molecule has 0 atom stereocenters. The summed E-state index contributed by atoms with van der Waals surface area (Å²) in [7, 11) is -1.74. The van der Waals surface area contributed by atoms with Gasteiger partial charge in [0.05, 0.1) is 15.5 Å². The van der Waals surface area contributed by atoms with Gasteiger partial charge >= 0.3 is 0 Å². The van der Waals surface area contributed by atoms with E-state index < -0.39 is 15.9 Å². The molecule has 1 aliphatic rings. The minimum Gasteiger partial charge on any atom is -0.304 e. The molecule has 146 valence electrons. The lowest BCUT2D eigenvalue weighted by Crippen LogP contribution is -2.47. The molecule has 8 nitrogen and oxygen atoms in total. The number of hydrogen-bond acceptors (Lipinski definition) is 8. The summed E-state index contributed by atoms with van der Waals surface area (Å²) in [6.07, 6.45) is 1.86. The third kappa shape index (κ3) is 4.61. The molecular weight excluding hydrogens is 430 g/mol. The number of amides is 1. The quantitative estimate of drug-likeness (QED) is 0.553. The van der Waals surface area contributed by atoms with Gasteiger partial charge in [-0.2, -0.15) is 4.31 Å². The molecule has 0 spiro atoms. The number of hydrogen-bond donors (Lipinski definition) is 1. The number of nitrogens with zero attached hydrogens (tertiary/aromatic N) is 4. The van der Waals surface area contributed by atoms with Crippen LogP contribution in [0.25, 0.3) is 0 Å². The molecule has 1 amide bonds. The molecule has 0 aliphatic carbocycles. The van der Waals surface area contributed by atoms with Gasteiger partial charge in [0.2, 0.25) is 15.2 Å². The number of carbonyl (C=O) groups is 1. The third-order valence-electron chi connectivity index (χ3n) is 4.08. The number of piperazine rings is 1. The van der Waals surface area contributed by atoms with Crippen LogP contribution < -0.4 is 5.32 Å². The van der Waals surface area contributed by atoms with Gasteiger partial charge in [-0.1, -0.05) is 34.7 Å². The Morgan fingerprint density at radius 3 is 2.59 bits per heavy atom. The number of aromatic nitrogens is 2. The van der Waals surface area contributed by atoms with E-state index in [1.165, 1.54) is 45.6 Å². The first kappa shape index (κ1) is 20.5. The van der Waals surface area contributed by atoms with Crippen LogP contribution in [0.3, 0.4) is 0 Å². The summed E-state index contributed by atoms with van der Waals surface area (Å²) in [5, 5.41) is 10.9. The summed E-state index contributed by atoms with van der Waals surface area (Å²) in [6.45, 7) is 2.14. The SMILES string of the molecule is CSc1nnc(NC(=O)c2cc(S(=O)(=O)N3CCN(C)CC3)ccc2Cl)s1. The van der Waals surface area contributed by atoms with Crippen molar-refractivity contribution in [2.45, 2.75) is 9.24 Å². The molecule has 27 heavy (non-hydrogen) atoms. The van der Waals surface area contributed by atoms with Crippen LogP contribution >= 0.6 is 34.7 Å². The number of anilines is 1. The maximum Gasteiger partial charge on any atom is 0.259 e. The topological polar surface area (TPSA) is 95.5 Å². The van der Waals surface area contributed by atoms with Gasteiger partial charge in [0, 0.05) is 26.2 Å². The molecule has 2 heterocycles. The van der Waals surface area contributed by atoms with Gasteiger partial charge in [0.1, 0.15) is 0 Å². The van der Waals surface area contributed by atoms with Gasteiger partial charge in [-0.05, 0) is 31.5 Å². The molecule has 3 rings (SSSR count). The van der Waals surface area contributed by atoms with Gasteiger partial charge in [-0.3, -0.25) is 10.1 Å². The van der Waals surface area contributed by atoms with E-state index in [1.54, 1.807) is 0 Å². The average molecular weight is 448 g/mol. The molecule has 2 aromatic rings. The number of thioether (sulfide) groups is 1. The predicted octanol–water partition coefficient (Wildman–Crippen LogP) is 2.10. The number of carbonyl (C=O) groups excluding carboxylic acids is 1. The summed E-state index contributed by atoms with van der Waals surface area (Å²) in [6, 6.07) is 4.15. The Morgan fingerprint density at radius 2 is 1.96 bits per heavy atom. The first-order chi connectivity index (χ1) is 12.8. The second kappa shape index (κ2) is 8.41. The van der Waals surface area contributed by atoms with E-state index in [-0.39, 0.29) is 15.5 Å². The standard InChI is InChI=1S/C15H18ClN5O3S3/c1-20-5-7-21(8-6-20)27(23,24)10-3-4-12(16)11(9-10)13(22)17-14-18-19-15(25-2)26-14/h3-4,9H,5-8H2,1-2H3,(H,17,18,22). The zero-order chi connectivity index (χ0) is 19.6. The lowest BCUT2D eigenvalue weighted by molar-refractivity contribution is 0.102. The van der Waals surface area contributed by atoms with Gasteiger partial charge in [-0.25, -0.2) is 8.42 Å². The van der Waals surface area contributed by atoms with Crippen molar-refractivity contribution in [2.24, 2.45) is 0 Å². The van der Waals surface area contributed by atoms with E-state index in [4.69, 9.17) is 11.6 Å². The highest BCUT2D eigenvalue weighted by Gasteiger charge is 2.28. The van der Waals surface area contributed by atoms with E-state index in [0.717, 1.165) is 0 Å². The van der Waals surface area contributed by atoms with Crippen LogP contribution in [0.2, 0.25) is 5.02 Å². The molecule has 0 saturated carbocycles. The second-order valence-electron chi connectivity index (χ2n) is 5.88. The van der Waals surface area contributed by atoms with Crippen LogP contribution in [0.4, 0.5) is 5.13 Å². The smallest absolute Gasteiger partial charge is 0.259 e. The number of rotatable bonds is 5. The Labute approximate surface area is 171 Å². The van der Waals surface area contributed by atoms with E-state index in [1.807, 2.05) is 13.3 Å². The Kier molecular flexibility index (Phi) is 6.39. The fourth-order valence-electron chi connectivity index (χ4n) is 2.52. The highest BCUT2D eigenvalue weighted by Crippen LogP contribution is 2.27. The Balaban J connectivity index is 1.84. The minimum atomic E-state index is -3.69. The summed E-state index contributed by atoms with van der Waals surface area (Å²) in [4.78, 5) is 14.7. The number of nitrogens with one attached hydrogen (secondary N) is 1. The van der Waals surface area contributed by atoms with Gasteiger partial charge in [0.15, 0.2) is 4.34 Å². The highest BCUT2D eigenvalue weighted by atomic mass is 35.5. The number of sulfonamides is 1. The Hall–Kier alpha value is -1.24. The summed E-state index contributed by atoms with van der Waals surface area (Å²) >= 11 is 8.78. The molecule has 0 unspecified atom stereocenters. The molecule has 1 aliphatic heterocycles. The van der Waals surface area contributed by atoms with Crippen LogP contribution in [0.5, 0.6) is 0 Å². The molecule has 1 N–H and O–H groups in total. The van der Waals surface area contributed by atoms with Gasteiger partial charge < -0.3 is 4.90 Å². The van der Waals surface area contributed by atoms with Crippen molar-refractivity contribution in [1.29, 1.82) is 0 Å². The molecule has 1 fully saturated rings. The van der Waals surface area contributed by atoms with E-state index in [9.17, 15) is 13.2 Å². The van der Waals surface area contributed by atoms with Crippen LogP contribution in [-0.2, 0) is 10.0 Å². The summed E-state index contributed by atoms with van der Waals surface area (Å²) < 4.78 is 27.9. The average Bonchev–Trinajstić information content (AvgIpc) is 3.09. The maximum atomic E-state index is 12.9. The molecule has 0 bridgehead atoms. The molecule has 1 aromatic heterocycles. The van der Waals surface area contributed by atoms with E-state index in [2.05, 4.69) is 20.4 Å². The number of likely N-dealkylation sites (N-methyl/N-ethyl adjacent to an activating group) is 1. The van der Waals surface area contributed by atoms with Crippen LogP contribution in [-0.4, -0.2) is 73.2 Å². The zero-order valence-corrected chi connectivity index (χ0v) is 17.9. The van der Waals surface area contributed by atoms with Crippen LogP contribution in [0.15, 0.2) is 27.4 Å². The van der Waals surface area contributed by atoms with Gasteiger partial charge in [-0.15, -0.1) is 10.2 Å². The van der Waals surface area contributed by atoms with Crippen molar-refractivity contribution in [3.05, 3.63) is 28.8 Å². The van der Waals surface area contributed by atoms with Crippen molar-refractivity contribution in [3.63, 3.8) is 0 Å². The summed E-state index contributed by atoms with van der Waals surface area (Å²) in [5.74, 6) is -0.528. The number of halogens is 1. The van der Waals surface area contributed by atoms with Crippen molar-refractivity contribution >= 4 is 55.8 Å². The highest BCUT2D eigenvalue weighted by molar-refractivity contribution is 8.00.